The Morgan fingerprint density at radius 3 is 2.48 bits per heavy atom. The third-order valence-corrected chi connectivity index (χ3v) is 10.6. The highest BCUT2D eigenvalue weighted by Crippen LogP contribution is 2.68. The van der Waals surface area contributed by atoms with Gasteiger partial charge in [-0.3, -0.25) is 9.59 Å². The Balaban J connectivity index is 1.52. The number of aliphatic hydroxyl groups is 1. The Morgan fingerprint density at radius 2 is 1.81 bits per heavy atom. The first kappa shape index (κ1) is 23.1. The summed E-state index contributed by atoms with van der Waals surface area (Å²) in [6.45, 7) is 8.49. The van der Waals surface area contributed by atoms with E-state index >= 15 is 0 Å². The zero-order valence-corrected chi connectivity index (χ0v) is 19.8. The molecule has 0 aromatic rings. The molecule has 4 aliphatic rings. The SMILES string of the molecule is CC(=O)O[C@@H]1CC[C@@]2(C)[C@H](CC[C@@H]3[C@@H]2C[C@@H](O)[C@]2(C)[C@@H]([C@H](C)CCC(=O)O)CC[C@@H]32)C1. The number of carboxylic acids is 1. The first-order valence-electron chi connectivity index (χ1n) is 12.6. The van der Waals surface area contributed by atoms with Crippen molar-refractivity contribution in [3.63, 3.8) is 0 Å². The van der Waals surface area contributed by atoms with Crippen molar-refractivity contribution >= 4 is 11.9 Å². The van der Waals surface area contributed by atoms with Crippen LogP contribution >= 0.6 is 0 Å². The van der Waals surface area contributed by atoms with Gasteiger partial charge >= 0.3 is 11.9 Å². The molecule has 5 nitrogen and oxygen atoms in total. The van der Waals surface area contributed by atoms with Crippen LogP contribution in [0.25, 0.3) is 0 Å². The van der Waals surface area contributed by atoms with Crippen molar-refractivity contribution in [2.24, 2.45) is 46.3 Å². The molecule has 0 spiro atoms. The van der Waals surface area contributed by atoms with Gasteiger partial charge in [-0.2, -0.15) is 0 Å². The topological polar surface area (TPSA) is 83.8 Å². The number of esters is 1. The summed E-state index contributed by atoms with van der Waals surface area (Å²) in [7, 11) is 0. The van der Waals surface area contributed by atoms with E-state index in [2.05, 4.69) is 20.8 Å². The molecule has 0 bridgehead atoms. The van der Waals surface area contributed by atoms with Crippen molar-refractivity contribution in [1.29, 1.82) is 0 Å². The van der Waals surface area contributed by atoms with Gasteiger partial charge in [0.25, 0.3) is 0 Å². The number of fused-ring (bicyclic) bond motifs is 5. The normalized spacial score (nSPS) is 47.6. The highest BCUT2D eigenvalue weighted by molar-refractivity contribution is 5.66. The minimum Gasteiger partial charge on any atom is -0.481 e. The third-order valence-electron chi connectivity index (χ3n) is 10.6. The molecule has 4 fully saturated rings. The third kappa shape index (κ3) is 3.83. The van der Waals surface area contributed by atoms with Crippen molar-refractivity contribution in [2.45, 2.75) is 104 Å². The quantitative estimate of drug-likeness (QED) is 0.592. The fraction of sp³-hybridized carbons (Fsp3) is 0.923. The van der Waals surface area contributed by atoms with E-state index in [-0.39, 0.29) is 35.4 Å². The van der Waals surface area contributed by atoms with Gasteiger partial charge in [0.05, 0.1) is 6.10 Å². The highest BCUT2D eigenvalue weighted by Gasteiger charge is 2.63. The summed E-state index contributed by atoms with van der Waals surface area (Å²) in [6, 6.07) is 0. The van der Waals surface area contributed by atoms with E-state index in [0.717, 1.165) is 32.1 Å². The van der Waals surface area contributed by atoms with Crippen LogP contribution in [0.1, 0.15) is 91.9 Å². The van der Waals surface area contributed by atoms with Crippen molar-refractivity contribution in [3.05, 3.63) is 0 Å². The maximum Gasteiger partial charge on any atom is 0.303 e. The maximum absolute atomic E-state index is 11.6. The van der Waals surface area contributed by atoms with Crippen LogP contribution in [0.3, 0.4) is 0 Å². The van der Waals surface area contributed by atoms with Crippen LogP contribution < -0.4 is 0 Å². The van der Waals surface area contributed by atoms with E-state index in [1.165, 1.54) is 26.2 Å². The molecule has 10 atom stereocenters. The van der Waals surface area contributed by atoms with Crippen LogP contribution in [-0.4, -0.2) is 34.4 Å². The fourth-order valence-corrected chi connectivity index (χ4v) is 9.04. The summed E-state index contributed by atoms with van der Waals surface area (Å²) in [5.41, 5.74) is 0.145. The lowest BCUT2D eigenvalue weighted by atomic mass is 9.43. The molecule has 0 unspecified atom stereocenters. The number of hydrogen-bond acceptors (Lipinski definition) is 4. The number of rotatable bonds is 5. The molecule has 4 saturated carbocycles. The zero-order valence-electron chi connectivity index (χ0n) is 19.8. The highest BCUT2D eigenvalue weighted by atomic mass is 16.5. The average Bonchev–Trinajstić information content (AvgIpc) is 3.06. The van der Waals surface area contributed by atoms with Crippen LogP contribution in [0.15, 0.2) is 0 Å². The monoisotopic (exact) mass is 434 g/mol. The van der Waals surface area contributed by atoms with Crippen molar-refractivity contribution < 1.29 is 24.5 Å². The molecule has 4 aliphatic carbocycles. The predicted molar refractivity (Wildman–Crippen MR) is 118 cm³/mol. The Hall–Kier alpha value is -1.10. The van der Waals surface area contributed by atoms with Crippen molar-refractivity contribution in [3.8, 4) is 0 Å². The summed E-state index contributed by atoms with van der Waals surface area (Å²) in [5, 5.41) is 20.7. The summed E-state index contributed by atoms with van der Waals surface area (Å²) in [4.78, 5) is 22.6. The van der Waals surface area contributed by atoms with Gasteiger partial charge in [-0.15, -0.1) is 0 Å². The number of hydrogen-bond donors (Lipinski definition) is 2. The van der Waals surface area contributed by atoms with E-state index < -0.39 is 5.97 Å². The molecule has 0 aromatic carbocycles. The molecular formula is C26H42O5. The Labute approximate surface area is 187 Å². The zero-order chi connectivity index (χ0) is 22.6. The number of ether oxygens (including phenoxy) is 1. The van der Waals surface area contributed by atoms with Crippen LogP contribution in [0, 0.1) is 46.3 Å². The van der Waals surface area contributed by atoms with Crippen LogP contribution in [-0.2, 0) is 14.3 Å². The molecule has 31 heavy (non-hydrogen) atoms. The summed E-state index contributed by atoms with van der Waals surface area (Å²) >= 11 is 0. The molecule has 2 N–H and O–H groups in total. The fourth-order valence-electron chi connectivity index (χ4n) is 9.04. The van der Waals surface area contributed by atoms with Crippen LogP contribution in [0.4, 0.5) is 0 Å². The maximum atomic E-state index is 11.6. The van der Waals surface area contributed by atoms with Crippen molar-refractivity contribution in [2.75, 3.05) is 0 Å². The van der Waals surface area contributed by atoms with Crippen LogP contribution in [0.2, 0.25) is 0 Å². The number of aliphatic carboxylic acids is 1. The lowest BCUT2D eigenvalue weighted by Crippen LogP contribution is -2.59. The number of aliphatic hydroxyl groups excluding tert-OH is 1. The predicted octanol–water partition coefficient (Wildman–Crippen LogP) is 5.05. The molecule has 0 saturated heterocycles. The summed E-state index contributed by atoms with van der Waals surface area (Å²) in [5.74, 6) is 2.20. The van der Waals surface area contributed by atoms with Gasteiger partial charge < -0.3 is 14.9 Å². The smallest absolute Gasteiger partial charge is 0.303 e. The molecule has 5 heteroatoms. The Kier molecular flexibility index (Phi) is 6.22. The first-order valence-corrected chi connectivity index (χ1v) is 12.6. The summed E-state index contributed by atoms with van der Waals surface area (Å²) in [6.07, 6.45) is 9.32. The van der Waals surface area contributed by atoms with Gasteiger partial charge in [-0.05, 0) is 104 Å². The lowest BCUT2D eigenvalue weighted by Gasteiger charge is -2.62. The van der Waals surface area contributed by atoms with Gasteiger partial charge in [0.15, 0.2) is 0 Å². The van der Waals surface area contributed by atoms with Gasteiger partial charge in [-0.25, -0.2) is 0 Å². The molecule has 0 heterocycles. The minimum absolute atomic E-state index is 0.0665. The Morgan fingerprint density at radius 1 is 1.06 bits per heavy atom. The van der Waals surface area contributed by atoms with Gasteiger partial charge in [-0.1, -0.05) is 20.8 Å². The van der Waals surface area contributed by atoms with Crippen LogP contribution in [0.5, 0.6) is 0 Å². The molecule has 0 aliphatic heterocycles. The largest absolute Gasteiger partial charge is 0.481 e. The average molecular weight is 435 g/mol. The van der Waals surface area contributed by atoms with E-state index in [0.29, 0.717) is 41.9 Å². The second kappa shape index (κ2) is 8.35. The molecule has 4 rings (SSSR count). The second-order valence-corrected chi connectivity index (χ2v) is 11.9. The standard InChI is InChI=1S/C26H42O5/c1-15(5-10-24(29)30)20-8-9-21-19-7-6-17-13-18(31-16(2)27)11-12-25(17,3)22(19)14-23(28)26(20,21)4/h15,17-23,28H,5-14H2,1-4H3,(H,29,30)/t15-,17-,18-,19+,20-,21+,22+,23-,25+,26-/m1/s1. The number of carboxylic acid groups (broad SMARTS) is 1. The summed E-state index contributed by atoms with van der Waals surface area (Å²) < 4.78 is 5.58. The first-order chi connectivity index (χ1) is 14.6. The van der Waals surface area contributed by atoms with Gasteiger partial charge in [0.2, 0.25) is 0 Å². The number of carbonyl (C=O) groups is 2. The van der Waals surface area contributed by atoms with Gasteiger partial charge in [0, 0.05) is 13.3 Å². The van der Waals surface area contributed by atoms with Gasteiger partial charge in [0.1, 0.15) is 6.10 Å². The van der Waals surface area contributed by atoms with E-state index in [4.69, 9.17) is 9.84 Å². The van der Waals surface area contributed by atoms with E-state index in [9.17, 15) is 14.7 Å². The molecule has 0 radical (unpaired) electrons. The second-order valence-electron chi connectivity index (χ2n) is 11.9. The Bertz CT molecular complexity index is 706. The van der Waals surface area contributed by atoms with E-state index in [1.807, 2.05) is 0 Å². The van der Waals surface area contributed by atoms with E-state index in [1.54, 1.807) is 0 Å². The number of carbonyl (C=O) groups excluding carboxylic acids is 1. The lowest BCUT2D eigenvalue weighted by molar-refractivity contribution is -0.181. The minimum atomic E-state index is -0.716. The molecule has 0 amide bonds. The molecular weight excluding hydrogens is 392 g/mol. The molecule has 176 valence electrons. The molecule has 0 aromatic heterocycles. The van der Waals surface area contributed by atoms with Crippen molar-refractivity contribution in [1.82, 2.24) is 0 Å².